The van der Waals surface area contributed by atoms with Gasteiger partial charge in [0.05, 0.1) is 11.5 Å². The van der Waals surface area contributed by atoms with Crippen LogP contribution >= 0.6 is 23.4 Å². The first-order valence-electron chi connectivity index (χ1n) is 9.58. The minimum atomic E-state index is -0.923. The van der Waals surface area contributed by atoms with Crippen molar-refractivity contribution in [1.82, 2.24) is 9.97 Å². The maximum Gasteiger partial charge on any atom is 0.257 e. The fourth-order valence-corrected chi connectivity index (χ4v) is 4.30. The van der Waals surface area contributed by atoms with E-state index >= 15 is 0 Å². The molecule has 0 aliphatic carbocycles. The number of nitrogens with one attached hydrogen (secondary N) is 3. The minimum Gasteiger partial charge on any atom is -0.326 e. The molecule has 0 unspecified atom stereocenters. The monoisotopic (exact) mass is 454 g/mol. The molecule has 3 aromatic rings. The number of carbonyl (C=O) groups excluding carboxylic acids is 2. The van der Waals surface area contributed by atoms with E-state index in [1.807, 2.05) is 37.3 Å². The molecule has 0 fully saturated rings. The number of aromatic amines is 1. The van der Waals surface area contributed by atoms with Gasteiger partial charge in [0.1, 0.15) is 5.82 Å². The molecule has 158 valence electrons. The maximum atomic E-state index is 12.9. The van der Waals surface area contributed by atoms with Crippen LogP contribution in [0.2, 0.25) is 5.02 Å². The van der Waals surface area contributed by atoms with E-state index in [1.54, 1.807) is 18.2 Å². The predicted molar refractivity (Wildman–Crippen MR) is 122 cm³/mol. The molecule has 3 N–H and O–H groups in total. The highest BCUT2D eigenvalue weighted by atomic mass is 35.5. The molecule has 1 atom stereocenters. The lowest BCUT2D eigenvalue weighted by molar-refractivity contribution is -0.123. The topological polar surface area (TPSA) is 104 Å². The first-order valence-corrected chi connectivity index (χ1v) is 10.9. The second-order valence-electron chi connectivity index (χ2n) is 7.21. The van der Waals surface area contributed by atoms with Crippen molar-refractivity contribution < 1.29 is 9.59 Å². The summed E-state index contributed by atoms with van der Waals surface area (Å²) >= 11 is 7.31. The van der Waals surface area contributed by atoms with Crippen molar-refractivity contribution in [2.45, 2.75) is 30.2 Å². The van der Waals surface area contributed by atoms with E-state index in [4.69, 9.17) is 11.6 Å². The molecule has 9 heteroatoms. The lowest BCUT2D eigenvalue weighted by Crippen LogP contribution is -2.36. The number of benzene rings is 2. The fraction of sp³-hybridized carbons (Fsp3) is 0.182. The Hall–Kier alpha value is -3.10. The summed E-state index contributed by atoms with van der Waals surface area (Å²) in [6, 6.07) is 14.7. The van der Waals surface area contributed by atoms with Gasteiger partial charge in [0, 0.05) is 22.9 Å². The molecule has 31 heavy (non-hydrogen) atoms. The van der Waals surface area contributed by atoms with Crippen molar-refractivity contribution >= 4 is 46.7 Å². The standard InChI is InChI=1S/C22H19ClN4O3S/c1-12-5-7-15(8-6-12)24-20(29)16-10-17(28)25-19-18(16)21(30)27-22(26-19)31-11-13-3-2-4-14(23)9-13/h2-9,16H,10-11H2,1H3,(H,24,29)(H2,25,26,27,28,30)/t16-/m0/s1. The van der Waals surface area contributed by atoms with E-state index in [2.05, 4.69) is 20.6 Å². The lowest BCUT2D eigenvalue weighted by Gasteiger charge is -2.23. The Labute approximate surface area is 187 Å². The van der Waals surface area contributed by atoms with Gasteiger partial charge in [-0.05, 0) is 36.8 Å². The quantitative estimate of drug-likeness (QED) is 0.398. The Morgan fingerprint density at radius 1 is 1.23 bits per heavy atom. The number of anilines is 2. The van der Waals surface area contributed by atoms with Gasteiger partial charge in [-0.2, -0.15) is 0 Å². The van der Waals surface area contributed by atoms with Crippen molar-refractivity contribution in [3.05, 3.63) is 80.6 Å². The summed E-state index contributed by atoms with van der Waals surface area (Å²) in [7, 11) is 0. The van der Waals surface area contributed by atoms with Crippen LogP contribution in [0, 0.1) is 6.92 Å². The number of halogens is 1. The molecule has 1 aromatic heterocycles. The largest absolute Gasteiger partial charge is 0.326 e. The summed E-state index contributed by atoms with van der Waals surface area (Å²) in [6.07, 6.45) is -0.121. The van der Waals surface area contributed by atoms with E-state index in [0.717, 1.165) is 11.1 Å². The lowest BCUT2D eigenvalue weighted by atomic mass is 9.92. The number of amides is 2. The van der Waals surface area contributed by atoms with Gasteiger partial charge >= 0.3 is 0 Å². The van der Waals surface area contributed by atoms with Crippen molar-refractivity contribution in [2.24, 2.45) is 0 Å². The number of nitrogens with zero attached hydrogens (tertiary/aromatic N) is 1. The summed E-state index contributed by atoms with van der Waals surface area (Å²) in [5.41, 5.74) is 2.35. The van der Waals surface area contributed by atoms with Gasteiger partial charge in [-0.1, -0.05) is 53.2 Å². The summed E-state index contributed by atoms with van der Waals surface area (Å²) in [6.45, 7) is 1.94. The number of H-pyrrole nitrogens is 1. The first-order chi connectivity index (χ1) is 14.9. The molecule has 1 aliphatic heterocycles. The van der Waals surface area contributed by atoms with Crippen molar-refractivity contribution in [2.75, 3.05) is 10.6 Å². The zero-order valence-corrected chi connectivity index (χ0v) is 18.1. The number of rotatable bonds is 5. The van der Waals surface area contributed by atoms with Crippen LogP contribution in [0.3, 0.4) is 0 Å². The summed E-state index contributed by atoms with van der Waals surface area (Å²) in [4.78, 5) is 45.0. The Morgan fingerprint density at radius 3 is 2.74 bits per heavy atom. The molecular weight excluding hydrogens is 436 g/mol. The Bertz CT molecular complexity index is 1210. The van der Waals surface area contributed by atoms with Gasteiger partial charge < -0.3 is 15.6 Å². The highest BCUT2D eigenvalue weighted by Crippen LogP contribution is 2.31. The Morgan fingerprint density at radius 2 is 2.00 bits per heavy atom. The van der Waals surface area contributed by atoms with Crippen LogP contribution in [-0.2, 0) is 15.3 Å². The minimum absolute atomic E-state index is 0.121. The van der Waals surface area contributed by atoms with E-state index in [1.165, 1.54) is 11.8 Å². The van der Waals surface area contributed by atoms with Crippen LogP contribution in [0.4, 0.5) is 11.5 Å². The Balaban J connectivity index is 1.57. The molecular formula is C22H19ClN4O3S. The highest BCUT2D eigenvalue weighted by molar-refractivity contribution is 7.98. The molecule has 0 saturated carbocycles. The van der Waals surface area contributed by atoms with Gasteiger partial charge in [0.25, 0.3) is 5.56 Å². The van der Waals surface area contributed by atoms with Gasteiger partial charge in [-0.15, -0.1) is 0 Å². The zero-order chi connectivity index (χ0) is 22.0. The third kappa shape index (κ3) is 4.98. The number of hydrogen-bond acceptors (Lipinski definition) is 5. The zero-order valence-electron chi connectivity index (χ0n) is 16.6. The number of thioether (sulfide) groups is 1. The second-order valence-corrected chi connectivity index (χ2v) is 8.61. The first kappa shape index (κ1) is 21.1. The van der Waals surface area contributed by atoms with Crippen molar-refractivity contribution in [3.8, 4) is 0 Å². The summed E-state index contributed by atoms with van der Waals surface area (Å²) in [5.74, 6) is -1.05. The molecule has 4 rings (SSSR count). The second kappa shape index (κ2) is 8.95. The highest BCUT2D eigenvalue weighted by Gasteiger charge is 2.34. The normalized spacial score (nSPS) is 15.2. The average molecular weight is 455 g/mol. The third-order valence-electron chi connectivity index (χ3n) is 4.83. The molecule has 2 amide bonds. The van der Waals surface area contributed by atoms with Gasteiger partial charge in [-0.25, -0.2) is 4.98 Å². The molecule has 0 spiro atoms. The average Bonchev–Trinajstić information content (AvgIpc) is 2.73. The summed E-state index contributed by atoms with van der Waals surface area (Å²) in [5, 5.41) is 6.37. The van der Waals surface area contributed by atoms with E-state index < -0.39 is 17.4 Å². The number of hydrogen-bond donors (Lipinski definition) is 3. The number of aryl methyl sites for hydroxylation is 1. The van der Waals surface area contributed by atoms with Crippen LogP contribution in [0.15, 0.2) is 58.5 Å². The van der Waals surface area contributed by atoms with Crippen LogP contribution in [0.25, 0.3) is 0 Å². The molecule has 2 aromatic carbocycles. The number of fused-ring (bicyclic) bond motifs is 1. The van der Waals surface area contributed by atoms with E-state index in [0.29, 0.717) is 21.6 Å². The van der Waals surface area contributed by atoms with Crippen molar-refractivity contribution in [1.29, 1.82) is 0 Å². The molecule has 0 saturated heterocycles. The van der Waals surface area contributed by atoms with Gasteiger partial charge in [0.2, 0.25) is 11.8 Å². The molecule has 7 nitrogen and oxygen atoms in total. The van der Waals surface area contributed by atoms with Crippen LogP contribution in [-0.4, -0.2) is 21.8 Å². The smallest absolute Gasteiger partial charge is 0.257 e. The Kier molecular flexibility index (Phi) is 6.11. The van der Waals surface area contributed by atoms with Gasteiger partial charge in [0.15, 0.2) is 5.16 Å². The van der Waals surface area contributed by atoms with Crippen LogP contribution in [0.5, 0.6) is 0 Å². The number of carbonyl (C=O) groups is 2. The van der Waals surface area contributed by atoms with Crippen LogP contribution in [0.1, 0.15) is 29.0 Å². The SMILES string of the molecule is Cc1ccc(NC(=O)[C@H]2CC(=O)Nc3nc(SCc4cccc(Cl)c4)[nH]c(=O)c32)cc1. The van der Waals surface area contributed by atoms with Crippen molar-refractivity contribution in [3.63, 3.8) is 0 Å². The molecule has 0 bridgehead atoms. The molecule has 2 heterocycles. The predicted octanol–water partition coefficient (Wildman–Crippen LogP) is 4.09. The fourth-order valence-electron chi connectivity index (χ4n) is 3.29. The molecule has 0 radical (unpaired) electrons. The van der Waals surface area contributed by atoms with Gasteiger partial charge in [-0.3, -0.25) is 14.4 Å². The summed E-state index contributed by atoms with van der Waals surface area (Å²) < 4.78 is 0. The van der Waals surface area contributed by atoms with Crippen LogP contribution < -0.4 is 16.2 Å². The van der Waals surface area contributed by atoms with E-state index in [-0.39, 0.29) is 23.7 Å². The molecule has 1 aliphatic rings. The maximum absolute atomic E-state index is 12.9. The third-order valence-corrected chi connectivity index (χ3v) is 6.01. The van der Waals surface area contributed by atoms with E-state index in [9.17, 15) is 14.4 Å². The number of aromatic nitrogens is 2.